The van der Waals surface area contributed by atoms with E-state index in [2.05, 4.69) is 15.6 Å². The molecular formula is C14H16N4O2. The van der Waals surface area contributed by atoms with Crippen molar-refractivity contribution in [2.45, 2.75) is 13.0 Å². The van der Waals surface area contributed by atoms with Crippen molar-refractivity contribution in [2.24, 2.45) is 0 Å². The van der Waals surface area contributed by atoms with Crippen molar-refractivity contribution < 1.29 is 9.53 Å². The van der Waals surface area contributed by atoms with Gasteiger partial charge in [-0.25, -0.2) is 4.68 Å². The van der Waals surface area contributed by atoms with E-state index in [1.54, 1.807) is 29.1 Å². The van der Waals surface area contributed by atoms with Crippen LogP contribution in [0.15, 0.2) is 30.5 Å². The zero-order chi connectivity index (χ0) is 13.9. The van der Waals surface area contributed by atoms with E-state index in [1.165, 1.54) is 0 Å². The molecule has 0 atom stereocenters. The predicted octanol–water partition coefficient (Wildman–Crippen LogP) is 1.05. The lowest BCUT2D eigenvalue weighted by atomic mass is 10.1. The predicted molar refractivity (Wildman–Crippen MR) is 73.0 cm³/mol. The second-order valence-corrected chi connectivity index (χ2v) is 4.69. The van der Waals surface area contributed by atoms with Gasteiger partial charge in [-0.1, -0.05) is 17.3 Å². The number of carbonyl (C=O) groups is 1. The fourth-order valence-electron chi connectivity index (χ4n) is 2.06. The Bertz CT molecular complexity index is 619. The maximum atomic E-state index is 12.4. The molecule has 0 saturated carbocycles. The summed E-state index contributed by atoms with van der Waals surface area (Å²) in [7, 11) is 0. The number of ketones is 1. The normalized spacial score (nSPS) is 14.8. The van der Waals surface area contributed by atoms with Crippen molar-refractivity contribution >= 4 is 5.78 Å². The van der Waals surface area contributed by atoms with Crippen LogP contribution in [0, 0.1) is 0 Å². The molecule has 2 heterocycles. The van der Waals surface area contributed by atoms with Crippen LogP contribution in [0.3, 0.4) is 0 Å². The minimum Gasteiger partial charge on any atom is -0.494 e. The van der Waals surface area contributed by atoms with E-state index in [-0.39, 0.29) is 5.78 Å². The lowest BCUT2D eigenvalue weighted by Crippen LogP contribution is -2.43. The Labute approximate surface area is 116 Å². The number of hydrogen-bond acceptors (Lipinski definition) is 5. The molecule has 0 bridgehead atoms. The van der Waals surface area contributed by atoms with Gasteiger partial charge < -0.3 is 10.1 Å². The highest BCUT2D eigenvalue weighted by Gasteiger charge is 2.22. The average molecular weight is 272 g/mol. The van der Waals surface area contributed by atoms with Crippen LogP contribution in [-0.4, -0.2) is 40.5 Å². The zero-order valence-electron chi connectivity index (χ0n) is 11.2. The molecule has 0 unspecified atom stereocenters. The van der Waals surface area contributed by atoms with Gasteiger partial charge in [0.05, 0.1) is 18.8 Å². The van der Waals surface area contributed by atoms with E-state index in [4.69, 9.17) is 4.74 Å². The standard InChI is InChI=1S/C14H16N4O2/c1-2-20-12-5-3-4-10(6-12)14(19)13-9-18(17-16-13)11-7-15-8-11/h3-6,9,11,15H,2,7-8H2,1H3. The summed E-state index contributed by atoms with van der Waals surface area (Å²) in [5.41, 5.74) is 0.931. The van der Waals surface area contributed by atoms with Crippen LogP contribution < -0.4 is 10.1 Å². The van der Waals surface area contributed by atoms with Gasteiger partial charge in [-0.05, 0) is 19.1 Å². The van der Waals surface area contributed by atoms with Crippen molar-refractivity contribution in [3.63, 3.8) is 0 Å². The van der Waals surface area contributed by atoms with E-state index in [0.717, 1.165) is 13.1 Å². The first-order valence-electron chi connectivity index (χ1n) is 6.68. The topological polar surface area (TPSA) is 69.0 Å². The highest BCUT2D eigenvalue weighted by Crippen LogP contribution is 2.17. The summed E-state index contributed by atoms with van der Waals surface area (Å²) < 4.78 is 7.15. The third-order valence-electron chi connectivity index (χ3n) is 3.28. The summed E-state index contributed by atoms with van der Waals surface area (Å²) in [5.74, 6) is 0.555. The van der Waals surface area contributed by atoms with Gasteiger partial charge in [0.15, 0.2) is 5.69 Å². The second kappa shape index (κ2) is 5.42. The number of ether oxygens (including phenoxy) is 1. The summed E-state index contributed by atoms with van der Waals surface area (Å²) in [5, 5.41) is 11.1. The monoisotopic (exact) mass is 272 g/mol. The molecule has 3 rings (SSSR count). The smallest absolute Gasteiger partial charge is 0.215 e. The highest BCUT2D eigenvalue weighted by molar-refractivity contribution is 6.07. The first-order chi connectivity index (χ1) is 9.78. The number of hydrogen-bond donors (Lipinski definition) is 1. The molecule has 6 nitrogen and oxygen atoms in total. The van der Waals surface area contributed by atoms with Crippen molar-refractivity contribution in [2.75, 3.05) is 19.7 Å². The van der Waals surface area contributed by atoms with E-state index < -0.39 is 0 Å². The first-order valence-corrected chi connectivity index (χ1v) is 6.68. The summed E-state index contributed by atoms with van der Waals surface area (Å²) in [6.07, 6.45) is 1.71. The number of carbonyl (C=O) groups excluding carboxylic acids is 1. The van der Waals surface area contributed by atoms with Crippen molar-refractivity contribution in [3.8, 4) is 5.75 Å². The van der Waals surface area contributed by atoms with Crippen LogP contribution in [0.25, 0.3) is 0 Å². The molecule has 104 valence electrons. The lowest BCUT2D eigenvalue weighted by molar-refractivity contribution is 0.103. The maximum absolute atomic E-state index is 12.4. The Morgan fingerprint density at radius 1 is 1.50 bits per heavy atom. The molecule has 0 spiro atoms. The van der Waals surface area contributed by atoms with Gasteiger partial charge in [-0.2, -0.15) is 0 Å². The molecule has 1 fully saturated rings. The molecule has 6 heteroatoms. The van der Waals surface area contributed by atoms with Crippen LogP contribution in [0.1, 0.15) is 29.0 Å². The zero-order valence-corrected chi connectivity index (χ0v) is 11.2. The lowest BCUT2D eigenvalue weighted by Gasteiger charge is -2.26. The van der Waals surface area contributed by atoms with Crippen molar-refractivity contribution in [1.29, 1.82) is 0 Å². The summed E-state index contributed by atoms with van der Waals surface area (Å²) in [4.78, 5) is 12.4. The number of nitrogens with zero attached hydrogens (tertiary/aromatic N) is 3. The average Bonchev–Trinajstić information content (AvgIpc) is 2.86. The molecular weight excluding hydrogens is 256 g/mol. The van der Waals surface area contributed by atoms with Gasteiger partial charge in [0, 0.05) is 18.7 Å². The quantitative estimate of drug-likeness (QED) is 0.824. The van der Waals surface area contributed by atoms with Gasteiger partial charge >= 0.3 is 0 Å². The minimum absolute atomic E-state index is 0.134. The van der Waals surface area contributed by atoms with Gasteiger partial charge in [0.2, 0.25) is 5.78 Å². The SMILES string of the molecule is CCOc1cccc(C(=O)c2cn(C3CNC3)nn2)c1. The van der Waals surface area contributed by atoms with Crippen molar-refractivity contribution in [1.82, 2.24) is 20.3 Å². The molecule has 1 aromatic carbocycles. The molecule has 1 N–H and O–H groups in total. The Morgan fingerprint density at radius 3 is 3.05 bits per heavy atom. The largest absolute Gasteiger partial charge is 0.494 e. The molecule has 1 aliphatic rings. The number of rotatable bonds is 5. The Balaban J connectivity index is 1.80. The third kappa shape index (κ3) is 2.42. The molecule has 20 heavy (non-hydrogen) atoms. The fourth-order valence-corrected chi connectivity index (χ4v) is 2.06. The van der Waals surface area contributed by atoms with E-state index in [9.17, 15) is 4.79 Å². The summed E-state index contributed by atoms with van der Waals surface area (Å²) >= 11 is 0. The molecule has 1 aromatic heterocycles. The molecule has 0 amide bonds. The maximum Gasteiger partial charge on any atom is 0.215 e. The van der Waals surface area contributed by atoms with Gasteiger partial charge in [0.1, 0.15) is 5.75 Å². The summed E-state index contributed by atoms with van der Waals surface area (Å²) in [6, 6.07) is 7.43. The van der Waals surface area contributed by atoms with Crippen molar-refractivity contribution in [3.05, 3.63) is 41.7 Å². The molecule has 2 aromatic rings. The third-order valence-corrected chi connectivity index (χ3v) is 3.28. The second-order valence-electron chi connectivity index (χ2n) is 4.69. The number of aromatic nitrogens is 3. The minimum atomic E-state index is -0.134. The molecule has 0 radical (unpaired) electrons. The molecule has 0 aliphatic carbocycles. The van der Waals surface area contributed by atoms with E-state index >= 15 is 0 Å². The van der Waals surface area contributed by atoms with Gasteiger partial charge in [-0.3, -0.25) is 4.79 Å². The summed E-state index contributed by atoms with van der Waals surface area (Å²) in [6.45, 7) is 4.23. The molecule has 1 aliphatic heterocycles. The Kier molecular flexibility index (Phi) is 3.47. The van der Waals surface area contributed by atoms with Crippen LogP contribution in [0.2, 0.25) is 0 Å². The number of benzene rings is 1. The van der Waals surface area contributed by atoms with E-state index in [0.29, 0.717) is 29.7 Å². The Morgan fingerprint density at radius 2 is 2.35 bits per heavy atom. The number of nitrogens with one attached hydrogen (secondary N) is 1. The van der Waals surface area contributed by atoms with Gasteiger partial charge in [0.25, 0.3) is 0 Å². The van der Waals surface area contributed by atoms with Crippen LogP contribution >= 0.6 is 0 Å². The Hall–Kier alpha value is -2.21. The molecule has 1 saturated heterocycles. The first kappa shape index (κ1) is 12.8. The fraction of sp³-hybridized carbons (Fsp3) is 0.357. The van der Waals surface area contributed by atoms with Crippen LogP contribution in [0.5, 0.6) is 5.75 Å². The van der Waals surface area contributed by atoms with E-state index in [1.807, 2.05) is 13.0 Å². The highest BCUT2D eigenvalue weighted by atomic mass is 16.5. The van der Waals surface area contributed by atoms with Gasteiger partial charge in [-0.15, -0.1) is 5.10 Å². The van der Waals surface area contributed by atoms with Crippen LogP contribution in [-0.2, 0) is 0 Å². The van der Waals surface area contributed by atoms with Crippen LogP contribution in [0.4, 0.5) is 0 Å².